The Hall–Kier alpha value is -3.35. The summed E-state index contributed by atoms with van der Waals surface area (Å²) in [6.45, 7) is 4.13. The second-order valence-corrected chi connectivity index (χ2v) is 8.15. The van der Waals surface area contributed by atoms with Gasteiger partial charge in [-0.2, -0.15) is 0 Å². The maximum absolute atomic E-state index is 12.6. The van der Waals surface area contributed by atoms with E-state index in [-0.39, 0.29) is 18.7 Å². The number of carbonyl (C=O) groups excluding carboxylic acids is 1. The highest BCUT2D eigenvalue weighted by molar-refractivity contribution is 5.92. The minimum atomic E-state index is -0.0139. The van der Waals surface area contributed by atoms with Crippen molar-refractivity contribution in [2.45, 2.75) is 6.04 Å². The number of piperazine rings is 1. The molecule has 0 spiro atoms. The summed E-state index contributed by atoms with van der Waals surface area (Å²) in [5.41, 5.74) is 3.33. The lowest BCUT2D eigenvalue weighted by Gasteiger charge is -2.39. The molecule has 6 nitrogen and oxygen atoms in total. The van der Waals surface area contributed by atoms with E-state index < -0.39 is 0 Å². The Kier molecular flexibility index (Phi) is 6.05. The molecule has 1 fully saturated rings. The highest BCUT2D eigenvalue weighted by Gasteiger charge is 2.27. The summed E-state index contributed by atoms with van der Waals surface area (Å²) in [6.07, 6.45) is 0. The van der Waals surface area contributed by atoms with E-state index in [0.717, 1.165) is 31.9 Å². The number of hydrogen-bond acceptors (Lipinski definition) is 5. The van der Waals surface area contributed by atoms with Crippen molar-refractivity contribution >= 4 is 11.6 Å². The Morgan fingerprint density at radius 3 is 2.09 bits per heavy atom. The summed E-state index contributed by atoms with van der Waals surface area (Å²) >= 11 is 0. The zero-order chi connectivity index (χ0) is 21.8. The van der Waals surface area contributed by atoms with Crippen LogP contribution in [0.1, 0.15) is 17.2 Å². The van der Waals surface area contributed by atoms with Gasteiger partial charge in [0.25, 0.3) is 0 Å². The van der Waals surface area contributed by atoms with Gasteiger partial charge in [-0.05, 0) is 23.3 Å². The number of rotatable bonds is 6. The van der Waals surface area contributed by atoms with Crippen LogP contribution < -0.4 is 14.8 Å². The number of fused-ring (bicyclic) bond motifs is 1. The topological polar surface area (TPSA) is 54.0 Å². The normalized spacial score (nSPS) is 16.3. The fourth-order valence-corrected chi connectivity index (χ4v) is 4.44. The van der Waals surface area contributed by atoms with Gasteiger partial charge in [0, 0.05) is 37.9 Å². The summed E-state index contributed by atoms with van der Waals surface area (Å²) in [5, 5.41) is 2.97. The number of anilines is 1. The van der Waals surface area contributed by atoms with Gasteiger partial charge < -0.3 is 14.8 Å². The summed E-state index contributed by atoms with van der Waals surface area (Å²) in [6, 6.07) is 27.0. The minimum Gasteiger partial charge on any atom is -0.454 e. The first kappa shape index (κ1) is 20.5. The highest BCUT2D eigenvalue weighted by Crippen LogP contribution is 2.34. The molecule has 164 valence electrons. The molecule has 0 bridgehead atoms. The average molecular weight is 430 g/mol. The third kappa shape index (κ3) is 4.61. The number of amides is 1. The molecule has 1 N–H and O–H groups in total. The van der Waals surface area contributed by atoms with E-state index in [2.05, 4.69) is 75.8 Å². The van der Waals surface area contributed by atoms with Crippen LogP contribution >= 0.6 is 0 Å². The minimum absolute atomic E-state index is 0.0139. The number of nitrogens with one attached hydrogen (secondary N) is 1. The molecule has 0 unspecified atom stereocenters. The predicted octanol–water partition coefficient (Wildman–Crippen LogP) is 3.76. The van der Waals surface area contributed by atoms with Crippen molar-refractivity contribution in [3.05, 3.63) is 90.0 Å². The van der Waals surface area contributed by atoms with Crippen LogP contribution in [0.2, 0.25) is 0 Å². The number of carbonyl (C=O) groups is 1. The molecule has 0 saturated carbocycles. The summed E-state index contributed by atoms with van der Waals surface area (Å²) in [4.78, 5) is 17.3. The van der Waals surface area contributed by atoms with E-state index in [0.29, 0.717) is 18.0 Å². The van der Waals surface area contributed by atoms with Crippen molar-refractivity contribution in [3.8, 4) is 11.5 Å². The van der Waals surface area contributed by atoms with Gasteiger partial charge in [0.2, 0.25) is 12.7 Å². The predicted molar refractivity (Wildman–Crippen MR) is 124 cm³/mol. The molecule has 0 radical (unpaired) electrons. The SMILES string of the molecule is O=C(CN1CCN(C(c2ccccc2)c2ccccc2)CC1)Nc1ccc2c(c1)OCO2. The van der Waals surface area contributed by atoms with Crippen molar-refractivity contribution in [1.29, 1.82) is 0 Å². The van der Waals surface area contributed by atoms with Crippen LogP contribution in [0.15, 0.2) is 78.9 Å². The Balaban J connectivity index is 1.20. The Bertz CT molecular complexity index is 1010. The number of ether oxygens (including phenoxy) is 2. The largest absolute Gasteiger partial charge is 0.454 e. The number of nitrogens with zero attached hydrogens (tertiary/aromatic N) is 2. The van der Waals surface area contributed by atoms with E-state index in [9.17, 15) is 4.79 Å². The summed E-state index contributed by atoms with van der Waals surface area (Å²) < 4.78 is 10.7. The fraction of sp³-hybridized carbons (Fsp3) is 0.269. The zero-order valence-corrected chi connectivity index (χ0v) is 17.9. The van der Waals surface area contributed by atoms with Crippen LogP contribution in [0.4, 0.5) is 5.69 Å². The first-order chi connectivity index (χ1) is 15.8. The molecule has 32 heavy (non-hydrogen) atoms. The van der Waals surface area contributed by atoms with Gasteiger partial charge in [-0.25, -0.2) is 0 Å². The molecule has 1 saturated heterocycles. The lowest BCUT2D eigenvalue weighted by molar-refractivity contribution is -0.117. The fourth-order valence-electron chi connectivity index (χ4n) is 4.44. The Labute approximate surface area is 188 Å². The number of hydrogen-bond donors (Lipinski definition) is 1. The lowest BCUT2D eigenvalue weighted by Crippen LogP contribution is -2.49. The van der Waals surface area contributed by atoms with E-state index >= 15 is 0 Å². The van der Waals surface area contributed by atoms with E-state index in [1.54, 1.807) is 0 Å². The van der Waals surface area contributed by atoms with E-state index in [4.69, 9.17) is 9.47 Å². The first-order valence-electron chi connectivity index (χ1n) is 11.0. The maximum Gasteiger partial charge on any atom is 0.238 e. The molecule has 1 amide bonds. The second kappa shape index (κ2) is 9.42. The maximum atomic E-state index is 12.6. The third-order valence-electron chi connectivity index (χ3n) is 6.03. The van der Waals surface area contributed by atoms with Gasteiger partial charge in [-0.1, -0.05) is 60.7 Å². The van der Waals surface area contributed by atoms with Crippen LogP contribution in [0.5, 0.6) is 11.5 Å². The first-order valence-corrected chi connectivity index (χ1v) is 11.0. The molecule has 0 aromatic heterocycles. The van der Waals surface area contributed by atoms with Gasteiger partial charge in [0.1, 0.15) is 0 Å². The molecule has 0 atom stereocenters. The van der Waals surface area contributed by atoms with Gasteiger partial charge in [-0.15, -0.1) is 0 Å². The molecule has 6 heteroatoms. The lowest BCUT2D eigenvalue weighted by atomic mass is 9.96. The van der Waals surface area contributed by atoms with Crippen molar-refractivity contribution in [2.75, 3.05) is 44.8 Å². The molecular weight excluding hydrogens is 402 g/mol. The smallest absolute Gasteiger partial charge is 0.238 e. The quantitative estimate of drug-likeness (QED) is 0.647. The van der Waals surface area contributed by atoms with Crippen LogP contribution in [0.3, 0.4) is 0 Å². The molecule has 5 rings (SSSR count). The molecule has 2 heterocycles. The van der Waals surface area contributed by atoms with Gasteiger partial charge in [0.15, 0.2) is 11.5 Å². The van der Waals surface area contributed by atoms with Crippen LogP contribution in [0.25, 0.3) is 0 Å². The van der Waals surface area contributed by atoms with Crippen LogP contribution in [-0.4, -0.2) is 55.2 Å². The molecule has 2 aliphatic heterocycles. The highest BCUT2D eigenvalue weighted by atomic mass is 16.7. The van der Waals surface area contributed by atoms with E-state index in [1.165, 1.54) is 11.1 Å². The second-order valence-electron chi connectivity index (χ2n) is 8.15. The Morgan fingerprint density at radius 2 is 1.44 bits per heavy atom. The molecule has 0 aliphatic carbocycles. The number of benzene rings is 3. The van der Waals surface area contributed by atoms with Gasteiger partial charge in [0.05, 0.1) is 12.6 Å². The van der Waals surface area contributed by atoms with Gasteiger partial charge >= 0.3 is 0 Å². The molecular formula is C26H27N3O3. The molecule has 3 aromatic carbocycles. The van der Waals surface area contributed by atoms with Crippen molar-refractivity contribution in [3.63, 3.8) is 0 Å². The Morgan fingerprint density at radius 1 is 0.812 bits per heavy atom. The monoisotopic (exact) mass is 429 g/mol. The average Bonchev–Trinajstić information content (AvgIpc) is 3.30. The van der Waals surface area contributed by atoms with E-state index in [1.807, 2.05) is 18.2 Å². The standard InChI is InChI=1S/C26H27N3O3/c30-25(27-22-11-12-23-24(17-22)32-19-31-23)18-28-13-15-29(16-14-28)26(20-7-3-1-4-8-20)21-9-5-2-6-10-21/h1-12,17,26H,13-16,18-19H2,(H,27,30). The van der Waals surface area contributed by atoms with Crippen LogP contribution in [0, 0.1) is 0 Å². The molecule has 3 aromatic rings. The summed E-state index contributed by atoms with van der Waals surface area (Å²) in [5.74, 6) is 1.37. The van der Waals surface area contributed by atoms with Crippen molar-refractivity contribution in [2.24, 2.45) is 0 Å². The van der Waals surface area contributed by atoms with Gasteiger partial charge in [-0.3, -0.25) is 14.6 Å². The van der Waals surface area contributed by atoms with Crippen molar-refractivity contribution in [1.82, 2.24) is 9.80 Å². The zero-order valence-electron chi connectivity index (χ0n) is 17.9. The summed E-state index contributed by atoms with van der Waals surface area (Å²) in [7, 11) is 0. The third-order valence-corrected chi connectivity index (χ3v) is 6.03. The molecule has 2 aliphatic rings. The van der Waals surface area contributed by atoms with Crippen LogP contribution in [-0.2, 0) is 4.79 Å². The van der Waals surface area contributed by atoms with Crippen molar-refractivity contribution < 1.29 is 14.3 Å².